The van der Waals surface area contributed by atoms with E-state index in [0.29, 0.717) is 17.5 Å². The number of likely N-dealkylation sites (tertiary alicyclic amines) is 1. The molecule has 1 saturated heterocycles. The van der Waals surface area contributed by atoms with Gasteiger partial charge in [0.2, 0.25) is 11.8 Å². The van der Waals surface area contributed by atoms with Crippen LogP contribution in [-0.4, -0.2) is 47.4 Å². The molecule has 3 unspecified atom stereocenters. The molecule has 1 aliphatic heterocycles. The molecule has 0 radical (unpaired) electrons. The number of amides is 2. The second-order valence-corrected chi connectivity index (χ2v) is 8.80. The fraction of sp³-hybridized carbons (Fsp3) is 0.571. The van der Waals surface area contributed by atoms with E-state index in [4.69, 9.17) is 16.9 Å². The molecule has 3 rings (SSSR count). The molecular formula is C21H27ClN4O2. The highest BCUT2D eigenvalue weighted by molar-refractivity contribution is 6.30. The Balaban J connectivity index is 1.43. The predicted molar refractivity (Wildman–Crippen MR) is 108 cm³/mol. The third-order valence-corrected chi connectivity index (χ3v) is 5.69. The molecule has 1 aromatic carbocycles. The number of nitriles is 1. The summed E-state index contributed by atoms with van der Waals surface area (Å²) in [7, 11) is 0. The first-order valence-electron chi connectivity index (χ1n) is 9.78. The highest BCUT2D eigenvalue weighted by Gasteiger charge is 2.40. The van der Waals surface area contributed by atoms with Crippen LogP contribution in [0.5, 0.6) is 0 Å². The number of benzene rings is 1. The van der Waals surface area contributed by atoms with E-state index in [1.54, 1.807) is 4.90 Å². The van der Waals surface area contributed by atoms with Gasteiger partial charge in [-0.1, -0.05) is 23.7 Å². The molecule has 2 N–H and O–H groups in total. The molecule has 2 amide bonds. The highest BCUT2D eigenvalue weighted by atomic mass is 35.5. The topological polar surface area (TPSA) is 85.2 Å². The quantitative estimate of drug-likeness (QED) is 0.734. The van der Waals surface area contributed by atoms with E-state index in [2.05, 4.69) is 16.7 Å². The fourth-order valence-electron chi connectivity index (χ4n) is 3.80. The minimum atomic E-state index is -0.512. The summed E-state index contributed by atoms with van der Waals surface area (Å²) in [6.07, 6.45) is 2.80. The Labute approximate surface area is 171 Å². The van der Waals surface area contributed by atoms with Crippen molar-refractivity contribution in [2.45, 2.75) is 63.1 Å². The van der Waals surface area contributed by atoms with Crippen molar-refractivity contribution in [3.63, 3.8) is 0 Å². The van der Waals surface area contributed by atoms with Gasteiger partial charge < -0.3 is 15.5 Å². The standard InChI is InChI=1S/C21H27ClN4O2/c1-21(2,24-13-20(28)26-8-4-7-16(26)12-23)11-19(27)25-18-10-17(18)14-5-3-6-15(22)9-14/h3,5-6,9,16-18,24H,4,7-8,10-11,13H2,1-2H3,(H,25,27). The lowest BCUT2D eigenvalue weighted by Gasteiger charge is -2.27. The van der Waals surface area contributed by atoms with Gasteiger partial charge in [-0.05, 0) is 50.8 Å². The lowest BCUT2D eigenvalue weighted by atomic mass is 10.00. The van der Waals surface area contributed by atoms with E-state index in [1.165, 1.54) is 0 Å². The number of nitrogens with one attached hydrogen (secondary N) is 2. The van der Waals surface area contributed by atoms with Crippen LogP contribution in [0.3, 0.4) is 0 Å². The van der Waals surface area contributed by atoms with E-state index >= 15 is 0 Å². The van der Waals surface area contributed by atoms with Crippen molar-refractivity contribution in [2.75, 3.05) is 13.1 Å². The van der Waals surface area contributed by atoms with Crippen LogP contribution in [0.1, 0.15) is 51.0 Å². The first kappa shape index (κ1) is 20.6. The molecule has 1 saturated carbocycles. The van der Waals surface area contributed by atoms with Gasteiger partial charge in [-0.25, -0.2) is 0 Å². The average Bonchev–Trinajstić information content (AvgIpc) is 3.22. The molecular weight excluding hydrogens is 376 g/mol. The van der Waals surface area contributed by atoms with Crippen molar-refractivity contribution in [3.05, 3.63) is 34.9 Å². The number of carbonyl (C=O) groups is 2. The Morgan fingerprint density at radius 3 is 2.89 bits per heavy atom. The molecule has 0 spiro atoms. The molecule has 3 atom stereocenters. The molecule has 1 heterocycles. The van der Waals surface area contributed by atoms with Crippen molar-refractivity contribution in [1.82, 2.24) is 15.5 Å². The number of hydrogen-bond acceptors (Lipinski definition) is 4. The molecule has 6 nitrogen and oxygen atoms in total. The predicted octanol–water partition coefficient (Wildman–Crippen LogP) is 2.58. The minimum absolute atomic E-state index is 0.0319. The molecule has 7 heteroatoms. The Hall–Kier alpha value is -2.10. The van der Waals surface area contributed by atoms with Gasteiger partial charge >= 0.3 is 0 Å². The minimum Gasteiger partial charge on any atom is -0.353 e. The maximum atomic E-state index is 12.4. The lowest BCUT2D eigenvalue weighted by molar-refractivity contribution is -0.131. The van der Waals surface area contributed by atoms with Gasteiger partial charge in [0.25, 0.3) is 0 Å². The third-order valence-electron chi connectivity index (χ3n) is 5.46. The second-order valence-electron chi connectivity index (χ2n) is 8.36. The highest BCUT2D eigenvalue weighted by Crippen LogP contribution is 2.41. The van der Waals surface area contributed by atoms with E-state index in [-0.39, 0.29) is 36.9 Å². The Kier molecular flexibility index (Phi) is 6.26. The molecule has 1 aliphatic carbocycles. The summed E-state index contributed by atoms with van der Waals surface area (Å²) in [6.45, 7) is 4.58. The largest absolute Gasteiger partial charge is 0.353 e. The van der Waals surface area contributed by atoms with Gasteiger partial charge in [0.05, 0.1) is 12.6 Å². The second kappa shape index (κ2) is 8.50. The SMILES string of the molecule is CC(C)(CC(=O)NC1CC1c1cccc(Cl)c1)NCC(=O)N1CCCC1C#N. The zero-order valence-electron chi connectivity index (χ0n) is 16.4. The van der Waals surface area contributed by atoms with Gasteiger partial charge in [0, 0.05) is 35.5 Å². The molecule has 0 bridgehead atoms. The van der Waals surface area contributed by atoms with Crippen LogP contribution in [0.2, 0.25) is 5.02 Å². The van der Waals surface area contributed by atoms with E-state index < -0.39 is 5.54 Å². The summed E-state index contributed by atoms with van der Waals surface area (Å²) in [5, 5.41) is 16.1. The Morgan fingerprint density at radius 2 is 2.18 bits per heavy atom. The maximum absolute atomic E-state index is 12.4. The van der Waals surface area contributed by atoms with Gasteiger partial charge in [-0.2, -0.15) is 5.26 Å². The molecule has 1 aromatic rings. The van der Waals surface area contributed by atoms with Crippen molar-refractivity contribution in [1.29, 1.82) is 5.26 Å². The zero-order valence-corrected chi connectivity index (χ0v) is 17.1. The van der Waals surface area contributed by atoms with Gasteiger partial charge in [-0.3, -0.25) is 9.59 Å². The van der Waals surface area contributed by atoms with Crippen LogP contribution in [0, 0.1) is 11.3 Å². The van der Waals surface area contributed by atoms with Gasteiger partial charge in [0.15, 0.2) is 0 Å². The van der Waals surface area contributed by atoms with Gasteiger partial charge in [0.1, 0.15) is 6.04 Å². The summed E-state index contributed by atoms with van der Waals surface area (Å²) in [5.74, 6) is 0.203. The third kappa shape index (κ3) is 5.24. The normalized spacial score (nSPS) is 23.9. The summed E-state index contributed by atoms with van der Waals surface area (Å²) in [4.78, 5) is 26.4. The molecule has 2 fully saturated rings. The van der Waals surface area contributed by atoms with Crippen LogP contribution < -0.4 is 10.6 Å². The summed E-state index contributed by atoms with van der Waals surface area (Å²) in [6, 6.07) is 9.75. The van der Waals surface area contributed by atoms with Crippen LogP contribution in [0.25, 0.3) is 0 Å². The zero-order chi connectivity index (χ0) is 20.3. The van der Waals surface area contributed by atoms with Crippen LogP contribution in [0.15, 0.2) is 24.3 Å². The summed E-state index contributed by atoms with van der Waals surface area (Å²) >= 11 is 6.04. The van der Waals surface area contributed by atoms with Crippen LogP contribution in [-0.2, 0) is 9.59 Å². The first-order chi connectivity index (χ1) is 13.3. The number of nitrogens with zero attached hydrogens (tertiary/aromatic N) is 2. The number of hydrogen-bond donors (Lipinski definition) is 2. The number of halogens is 1. The van der Waals surface area contributed by atoms with Crippen molar-refractivity contribution in [3.8, 4) is 6.07 Å². The molecule has 150 valence electrons. The smallest absolute Gasteiger partial charge is 0.237 e. The van der Waals surface area contributed by atoms with Crippen molar-refractivity contribution < 1.29 is 9.59 Å². The molecule has 28 heavy (non-hydrogen) atoms. The number of carbonyl (C=O) groups excluding carboxylic acids is 2. The fourth-order valence-corrected chi connectivity index (χ4v) is 4.00. The van der Waals surface area contributed by atoms with Crippen LogP contribution >= 0.6 is 11.6 Å². The van der Waals surface area contributed by atoms with E-state index in [9.17, 15) is 9.59 Å². The lowest BCUT2D eigenvalue weighted by Crippen LogP contribution is -2.49. The van der Waals surface area contributed by atoms with Gasteiger partial charge in [-0.15, -0.1) is 0 Å². The Morgan fingerprint density at radius 1 is 1.39 bits per heavy atom. The Bertz CT molecular complexity index is 789. The first-order valence-corrected chi connectivity index (χ1v) is 10.2. The number of rotatable bonds is 7. The maximum Gasteiger partial charge on any atom is 0.237 e. The van der Waals surface area contributed by atoms with Crippen LogP contribution in [0.4, 0.5) is 0 Å². The monoisotopic (exact) mass is 402 g/mol. The average molecular weight is 403 g/mol. The summed E-state index contributed by atoms with van der Waals surface area (Å²) in [5.41, 5.74) is 0.639. The van der Waals surface area contributed by atoms with E-state index in [1.807, 2.05) is 38.1 Å². The molecule has 0 aromatic heterocycles. The molecule has 2 aliphatic rings. The van der Waals surface area contributed by atoms with Crippen molar-refractivity contribution >= 4 is 23.4 Å². The van der Waals surface area contributed by atoms with E-state index in [0.717, 1.165) is 24.8 Å². The van der Waals surface area contributed by atoms with Crippen molar-refractivity contribution in [2.24, 2.45) is 0 Å². The summed E-state index contributed by atoms with van der Waals surface area (Å²) < 4.78 is 0.